The molecule has 1 heterocycles. The zero-order valence-corrected chi connectivity index (χ0v) is 17.4. The molecular weight excluding hydrogens is 390 g/mol. The van der Waals surface area contributed by atoms with Crippen molar-refractivity contribution in [2.24, 2.45) is 0 Å². The largest absolute Gasteiger partial charge is 0.492 e. The van der Waals surface area contributed by atoms with Crippen molar-refractivity contribution < 1.29 is 17.9 Å². The van der Waals surface area contributed by atoms with E-state index < -0.39 is 10.0 Å². The van der Waals surface area contributed by atoms with Crippen LogP contribution in [0, 0.1) is 6.92 Å². The van der Waals surface area contributed by atoms with Gasteiger partial charge in [-0.05, 0) is 31.5 Å². The van der Waals surface area contributed by atoms with Crippen molar-refractivity contribution >= 4 is 15.9 Å². The summed E-state index contributed by atoms with van der Waals surface area (Å²) in [4.78, 5) is 14.5. The summed E-state index contributed by atoms with van der Waals surface area (Å²) in [6, 6.07) is 14.5. The standard InChI is InChI=1S/C21H27N3O4S/c1-17-7-9-19(10-8-17)29(26,27)23-12-4-11-22-21(25)16-24-13-14-28-20-6-3-2-5-18(20)15-24/h2-3,5-10,23H,4,11-16H2,1H3,(H,22,25). The molecule has 0 aromatic heterocycles. The molecule has 3 rings (SSSR count). The minimum atomic E-state index is -3.52. The third-order valence-electron chi connectivity index (χ3n) is 4.70. The second-order valence-electron chi connectivity index (χ2n) is 7.08. The van der Waals surface area contributed by atoms with Gasteiger partial charge in [-0.25, -0.2) is 13.1 Å². The number of hydrogen-bond acceptors (Lipinski definition) is 5. The van der Waals surface area contributed by atoms with Gasteiger partial charge in [0.1, 0.15) is 12.4 Å². The number of rotatable bonds is 8. The molecule has 0 spiro atoms. The lowest BCUT2D eigenvalue weighted by atomic mass is 10.2. The number of sulfonamides is 1. The zero-order chi connectivity index (χ0) is 20.7. The number of aryl methyl sites for hydroxylation is 1. The average molecular weight is 418 g/mol. The molecule has 1 amide bonds. The van der Waals surface area contributed by atoms with Crippen molar-refractivity contribution in [1.29, 1.82) is 0 Å². The summed E-state index contributed by atoms with van der Waals surface area (Å²) in [6.07, 6.45) is 0.517. The highest BCUT2D eigenvalue weighted by Crippen LogP contribution is 2.22. The Kier molecular flexibility index (Phi) is 7.24. The van der Waals surface area contributed by atoms with Crippen LogP contribution in [-0.4, -0.2) is 52.0 Å². The Hall–Kier alpha value is -2.42. The first-order chi connectivity index (χ1) is 13.9. The van der Waals surface area contributed by atoms with Crippen molar-refractivity contribution in [2.75, 3.05) is 32.8 Å². The minimum Gasteiger partial charge on any atom is -0.492 e. The maximum absolute atomic E-state index is 12.2. The summed E-state index contributed by atoms with van der Waals surface area (Å²) in [5.74, 6) is 0.794. The first-order valence-corrected chi connectivity index (χ1v) is 11.2. The van der Waals surface area contributed by atoms with Crippen LogP contribution in [0.25, 0.3) is 0 Å². The van der Waals surface area contributed by atoms with E-state index in [1.807, 2.05) is 36.1 Å². The fraction of sp³-hybridized carbons (Fsp3) is 0.381. The van der Waals surface area contributed by atoms with Gasteiger partial charge >= 0.3 is 0 Å². The summed E-state index contributed by atoms with van der Waals surface area (Å²) in [5, 5.41) is 2.85. The van der Waals surface area contributed by atoms with Crippen LogP contribution in [0.1, 0.15) is 17.5 Å². The topological polar surface area (TPSA) is 87.7 Å². The number of nitrogens with zero attached hydrogens (tertiary/aromatic N) is 1. The summed E-state index contributed by atoms with van der Waals surface area (Å²) >= 11 is 0. The number of para-hydroxylation sites is 1. The van der Waals surface area contributed by atoms with Crippen molar-refractivity contribution in [2.45, 2.75) is 24.8 Å². The predicted molar refractivity (Wildman–Crippen MR) is 111 cm³/mol. The number of hydrogen-bond donors (Lipinski definition) is 2. The molecule has 0 unspecified atom stereocenters. The summed E-state index contributed by atoms with van der Waals surface area (Å²) in [5.41, 5.74) is 2.08. The summed E-state index contributed by atoms with van der Waals surface area (Å²) in [7, 11) is -3.52. The Morgan fingerprint density at radius 2 is 1.86 bits per heavy atom. The lowest BCUT2D eigenvalue weighted by Gasteiger charge is -2.18. The average Bonchev–Trinajstić information content (AvgIpc) is 2.89. The van der Waals surface area contributed by atoms with E-state index in [9.17, 15) is 13.2 Å². The van der Waals surface area contributed by atoms with Crippen LogP contribution < -0.4 is 14.8 Å². The van der Waals surface area contributed by atoms with Crippen LogP contribution in [0.3, 0.4) is 0 Å². The fourth-order valence-corrected chi connectivity index (χ4v) is 4.17. The number of carbonyl (C=O) groups excluding carboxylic acids is 1. The van der Waals surface area contributed by atoms with E-state index in [1.54, 1.807) is 24.3 Å². The smallest absolute Gasteiger partial charge is 0.240 e. The first-order valence-electron chi connectivity index (χ1n) is 9.70. The van der Waals surface area contributed by atoms with E-state index in [0.717, 1.165) is 16.9 Å². The lowest BCUT2D eigenvalue weighted by Crippen LogP contribution is -2.39. The zero-order valence-electron chi connectivity index (χ0n) is 16.6. The molecule has 1 aliphatic heterocycles. The van der Waals surface area contributed by atoms with E-state index in [2.05, 4.69) is 10.0 Å². The lowest BCUT2D eigenvalue weighted by molar-refractivity contribution is -0.122. The highest BCUT2D eigenvalue weighted by Gasteiger charge is 2.17. The van der Waals surface area contributed by atoms with E-state index in [1.165, 1.54) is 0 Å². The molecule has 7 nitrogen and oxygen atoms in total. The molecule has 0 saturated carbocycles. The second-order valence-corrected chi connectivity index (χ2v) is 8.85. The fourth-order valence-electron chi connectivity index (χ4n) is 3.10. The quantitative estimate of drug-likeness (QED) is 0.638. The van der Waals surface area contributed by atoms with Crippen molar-refractivity contribution in [1.82, 2.24) is 14.9 Å². The van der Waals surface area contributed by atoms with Crippen LogP contribution in [0.15, 0.2) is 53.4 Å². The Balaban J connectivity index is 1.37. The number of benzene rings is 2. The molecule has 0 fully saturated rings. The predicted octanol–water partition coefficient (Wildman–Crippen LogP) is 1.67. The van der Waals surface area contributed by atoms with Crippen molar-refractivity contribution in [3.05, 3.63) is 59.7 Å². The van der Waals surface area contributed by atoms with E-state index in [-0.39, 0.29) is 23.9 Å². The van der Waals surface area contributed by atoms with Gasteiger partial charge in [0.25, 0.3) is 0 Å². The Morgan fingerprint density at radius 1 is 1.10 bits per heavy atom. The number of fused-ring (bicyclic) bond motifs is 1. The normalized spacial score (nSPS) is 14.5. The molecule has 0 atom stereocenters. The van der Waals surface area contributed by atoms with Gasteiger partial charge in [0.2, 0.25) is 15.9 Å². The SMILES string of the molecule is Cc1ccc(S(=O)(=O)NCCCNC(=O)CN2CCOc3ccccc3C2)cc1. The van der Waals surface area contributed by atoms with Gasteiger partial charge in [-0.2, -0.15) is 0 Å². The van der Waals surface area contributed by atoms with E-state index in [0.29, 0.717) is 32.7 Å². The van der Waals surface area contributed by atoms with Gasteiger partial charge in [-0.15, -0.1) is 0 Å². The molecule has 156 valence electrons. The maximum Gasteiger partial charge on any atom is 0.240 e. The van der Waals surface area contributed by atoms with Crippen LogP contribution in [-0.2, 0) is 21.4 Å². The molecule has 0 saturated heterocycles. The monoisotopic (exact) mass is 417 g/mol. The molecule has 2 N–H and O–H groups in total. The van der Waals surface area contributed by atoms with Gasteiger partial charge in [0, 0.05) is 31.7 Å². The third-order valence-corrected chi connectivity index (χ3v) is 6.17. The Morgan fingerprint density at radius 3 is 2.66 bits per heavy atom. The van der Waals surface area contributed by atoms with Gasteiger partial charge in [-0.1, -0.05) is 35.9 Å². The van der Waals surface area contributed by atoms with E-state index >= 15 is 0 Å². The van der Waals surface area contributed by atoms with Crippen molar-refractivity contribution in [3.63, 3.8) is 0 Å². The van der Waals surface area contributed by atoms with E-state index in [4.69, 9.17) is 4.74 Å². The number of ether oxygens (including phenoxy) is 1. The Labute approximate surface area is 172 Å². The van der Waals surface area contributed by atoms with Crippen LogP contribution >= 0.6 is 0 Å². The third kappa shape index (κ3) is 6.28. The van der Waals surface area contributed by atoms with Crippen LogP contribution in [0.5, 0.6) is 5.75 Å². The highest BCUT2D eigenvalue weighted by atomic mass is 32.2. The molecule has 0 radical (unpaired) electrons. The number of amides is 1. The van der Waals surface area contributed by atoms with Gasteiger partial charge < -0.3 is 10.1 Å². The molecule has 1 aliphatic rings. The van der Waals surface area contributed by atoms with Crippen LogP contribution in [0.4, 0.5) is 0 Å². The number of carbonyl (C=O) groups is 1. The van der Waals surface area contributed by atoms with Gasteiger partial charge in [0.05, 0.1) is 11.4 Å². The molecule has 8 heteroatoms. The minimum absolute atomic E-state index is 0.0780. The summed E-state index contributed by atoms with van der Waals surface area (Å²) in [6.45, 7) is 4.76. The molecule has 0 bridgehead atoms. The Bertz CT molecular complexity index is 929. The molecular formula is C21H27N3O4S. The second kappa shape index (κ2) is 9.87. The first kappa shape index (κ1) is 21.3. The van der Waals surface area contributed by atoms with Gasteiger partial charge in [0.15, 0.2) is 0 Å². The molecule has 2 aromatic rings. The summed E-state index contributed by atoms with van der Waals surface area (Å²) < 4.78 is 32.7. The maximum atomic E-state index is 12.2. The molecule has 0 aliphatic carbocycles. The van der Waals surface area contributed by atoms with Gasteiger partial charge in [-0.3, -0.25) is 9.69 Å². The molecule has 2 aromatic carbocycles. The highest BCUT2D eigenvalue weighted by molar-refractivity contribution is 7.89. The number of nitrogens with one attached hydrogen (secondary N) is 2. The van der Waals surface area contributed by atoms with Crippen molar-refractivity contribution in [3.8, 4) is 5.75 Å². The molecule has 29 heavy (non-hydrogen) atoms. The van der Waals surface area contributed by atoms with Crippen LogP contribution in [0.2, 0.25) is 0 Å².